The number of oxazole rings is 1. The van der Waals surface area contributed by atoms with Crippen molar-refractivity contribution in [1.82, 2.24) is 10.3 Å². The molecule has 9 heteroatoms. The zero-order chi connectivity index (χ0) is 18.7. The highest BCUT2D eigenvalue weighted by Crippen LogP contribution is 2.24. The first-order valence-corrected chi connectivity index (χ1v) is 11.4. The Morgan fingerprint density at radius 1 is 1.42 bits per heavy atom. The maximum atomic E-state index is 12.2. The van der Waals surface area contributed by atoms with E-state index in [4.69, 9.17) is 16.0 Å². The van der Waals surface area contributed by atoms with Gasteiger partial charge in [0.05, 0.1) is 22.4 Å². The van der Waals surface area contributed by atoms with E-state index in [9.17, 15) is 13.2 Å². The molecule has 1 aromatic carbocycles. The largest absolute Gasteiger partial charge is 0.444 e. The van der Waals surface area contributed by atoms with Crippen molar-refractivity contribution in [1.29, 1.82) is 0 Å². The minimum Gasteiger partial charge on any atom is -0.444 e. The standard InChI is InChI=1S/C17H19ClN2O4S2/c1-11(16(21)19-14-6-7-26(22,23)10-14)25-9-15-8-24-17(20-15)12-2-4-13(18)5-3-12/h2-5,8,11,14H,6-7,9-10H2,1H3,(H,19,21)/t11-,14+/m0/s1. The monoisotopic (exact) mass is 414 g/mol. The molecule has 1 amide bonds. The number of rotatable bonds is 6. The van der Waals surface area contributed by atoms with E-state index in [1.807, 2.05) is 12.1 Å². The van der Waals surface area contributed by atoms with E-state index in [1.165, 1.54) is 11.8 Å². The highest BCUT2D eigenvalue weighted by atomic mass is 35.5. The van der Waals surface area contributed by atoms with Gasteiger partial charge in [-0.25, -0.2) is 13.4 Å². The van der Waals surface area contributed by atoms with Gasteiger partial charge in [-0.05, 0) is 37.6 Å². The average molecular weight is 415 g/mol. The number of halogens is 1. The summed E-state index contributed by atoms with van der Waals surface area (Å²) in [5.41, 5.74) is 1.57. The van der Waals surface area contributed by atoms with Gasteiger partial charge in [-0.15, -0.1) is 11.8 Å². The molecule has 0 unspecified atom stereocenters. The minimum absolute atomic E-state index is 0.0316. The summed E-state index contributed by atoms with van der Waals surface area (Å²) in [4.78, 5) is 16.6. The van der Waals surface area contributed by atoms with Crippen molar-refractivity contribution in [3.63, 3.8) is 0 Å². The second-order valence-corrected chi connectivity index (χ2v) is 10.2. The number of thioether (sulfide) groups is 1. The number of sulfone groups is 1. The molecule has 1 saturated heterocycles. The van der Waals surface area contributed by atoms with Gasteiger partial charge in [0.25, 0.3) is 0 Å². The third-order valence-corrected chi connectivity index (χ3v) is 7.27. The fourth-order valence-corrected chi connectivity index (χ4v) is 5.18. The smallest absolute Gasteiger partial charge is 0.233 e. The molecule has 1 aromatic heterocycles. The summed E-state index contributed by atoms with van der Waals surface area (Å²) in [5, 5.41) is 3.14. The van der Waals surface area contributed by atoms with Gasteiger partial charge < -0.3 is 9.73 Å². The molecule has 0 radical (unpaired) electrons. The first-order chi connectivity index (χ1) is 12.3. The highest BCUT2D eigenvalue weighted by Gasteiger charge is 2.30. The number of hydrogen-bond donors (Lipinski definition) is 1. The fourth-order valence-electron chi connectivity index (χ4n) is 2.61. The molecule has 0 saturated carbocycles. The van der Waals surface area contributed by atoms with Gasteiger partial charge in [-0.2, -0.15) is 0 Å². The second-order valence-electron chi connectivity index (χ2n) is 6.21. The van der Waals surface area contributed by atoms with Crippen LogP contribution in [0.25, 0.3) is 11.5 Å². The molecule has 0 bridgehead atoms. The maximum Gasteiger partial charge on any atom is 0.233 e. The van der Waals surface area contributed by atoms with Crippen molar-refractivity contribution in [2.75, 3.05) is 11.5 Å². The minimum atomic E-state index is -3.00. The number of benzene rings is 1. The summed E-state index contributed by atoms with van der Waals surface area (Å²) in [6.45, 7) is 1.80. The van der Waals surface area contributed by atoms with Crippen LogP contribution >= 0.6 is 23.4 Å². The van der Waals surface area contributed by atoms with Gasteiger partial charge >= 0.3 is 0 Å². The number of aromatic nitrogens is 1. The molecule has 1 N–H and O–H groups in total. The Hall–Kier alpha value is -1.51. The predicted octanol–water partition coefficient (Wildman–Crippen LogP) is 2.92. The Bertz CT molecular complexity index is 880. The van der Waals surface area contributed by atoms with Crippen LogP contribution in [0.15, 0.2) is 34.9 Å². The Morgan fingerprint density at radius 2 is 2.15 bits per heavy atom. The molecule has 1 aliphatic heterocycles. The van der Waals surface area contributed by atoms with Crippen molar-refractivity contribution in [3.05, 3.63) is 41.2 Å². The summed E-state index contributed by atoms with van der Waals surface area (Å²) in [5.74, 6) is 1.05. The predicted molar refractivity (Wildman–Crippen MR) is 103 cm³/mol. The summed E-state index contributed by atoms with van der Waals surface area (Å²) in [7, 11) is -3.00. The lowest BCUT2D eigenvalue weighted by Gasteiger charge is -2.15. The normalized spacial score (nSPS) is 20.0. The first-order valence-electron chi connectivity index (χ1n) is 8.15. The van der Waals surface area contributed by atoms with Crippen LogP contribution in [0, 0.1) is 0 Å². The van der Waals surface area contributed by atoms with E-state index in [2.05, 4.69) is 10.3 Å². The van der Waals surface area contributed by atoms with Gasteiger partial charge in [0.15, 0.2) is 9.84 Å². The molecule has 2 atom stereocenters. The summed E-state index contributed by atoms with van der Waals surface area (Å²) >= 11 is 7.30. The topological polar surface area (TPSA) is 89.3 Å². The lowest BCUT2D eigenvalue weighted by atomic mass is 10.2. The van der Waals surface area contributed by atoms with Crippen LogP contribution in [0.5, 0.6) is 0 Å². The number of hydrogen-bond acceptors (Lipinski definition) is 6. The number of amides is 1. The number of carbonyl (C=O) groups excluding carboxylic acids is 1. The zero-order valence-corrected chi connectivity index (χ0v) is 16.5. The molecule has 3 rings (SSSR count). The SMILES string of the molecule is C[C@H](SCc1coc(-c2ccc(Cl)cc2)n1)C(=O)N[C@@H]1CCS(=O)(=O)C1. The molecule has 1 fully saturated rings. The van der Waals surface area contributed by atoms with Gasteiger partial charge in [0, 0.05) is 22.4 Å². The lowest BCUT2D eigenvalue weighted by molar-refractivity contribution is -0.120. The van der Waals surface area contributed by atoms with E-state index in [-0.39, 0.29) is 28.7 Å². The van der Waals surface area contributed by atoms with E-state index in [1.54, 1.807) is 25.3 Å². The summed E-state index contributed by atoms with van der Waals surface area (Å²) < 4.78 is 28.4. The molecule has 2 heterocycles. The van der Waals surface area contributed by atoms with Crippen molar-refractivity contribution in [3.8, 4) is 11.5 Å². The maximum absolute atomic E-state index is 12.2. The van der Waals surface area contributed by atoms with Crippen LogP contribution in [-0.4, -0.2) is 42.1 Å². The van der Waals surface area contributed by atoms with Gasteiger partial charge in [0.1, 0.15) is 6.26 Å². The fraction of sp³-hybridized carbons (Fsp3) is 0.412. The van der Waals surface area contributed by atoms with Gasteiger partial charge in [-0.3, -0.25) is 4.79 Å². The van der Waals surface area contributed by atoms with E-state index >= 15 is 0 Å². The van der Waals surface area contributed by atoms with Crippen LogP contribution < -0.4 is 5.32 Å². The van der Waals surface area contributed by atoms with Crippen molar-refractivity contribution < 1.29 is 17.6 Å². The van der Waals surface area contributed by atoms with Crippen LogP contribution in [0.4, 0.5) is 0 Å². The molecule has 0 aliphatic carbocycles. The van der Waals surface area contributed by atoms with Crippen LogP contribution in [0.2, 0.25) is 5.02 Å². The molecule has 140 valence electrons. The Balaban J connectivity index is 1.51. The highest BCUT2D eigenvalue weighted by molar-refractivity contribution is 7.99. The van der Waals surface area contributed by atoms with Crippen LogP contribution in [-0.2, 0) is 20.4 Å². The molecule has 26 heavy (non-hydrogen) atoms. The second kappa shape index (κ2) is 8.02. The third-order valence-electron chi connectivity index (χ3n) is 4.07. The summed E-state index contributed by atoms with van der Waals surface area (Å²) in [6, 6.07) is 6.92. The van der Waals surface area contributed by atoms with E-state index in [0.29, 0.717) is 23.1 Å². The quantitative estimate of drug-likeness (QED) is 0.781. The number of nitrogens with one attached hydrogen (secondary N) is 1. The lowest BCUT2D eigenvalue weighted by Crippen LogP contribution is -2.40. The first kappa shape index (κ1) is 19.3. The molecule has 6 nitrogen and oxygen atoms in total. The Kier molecular flexibility index (Phi) is 5.94. The molecular formula is C17H19ClN2O4S2. The molecule has 1 aliphatic rings. The van der Waals surface area contributed by atoms with Crippen LogP contribution in [0.1, 0.15) is 19.0 Å². The zero-order valence-electron chi connectivity index (χ0n) is 14.1. The average Bonchev–Trinajstić information content (AvgIpc) is 3.19. The number of nitrogens with zero attached hydrogens (tertiary/aromatic N) is 1. The van der Waals surface area contributed by atoms with Crippen LogP contribution in [0.3, 0.4) is 0 Å². The summed E-state index contributed by atoms with van der Waals surface area (Å²) in [6.07, 6.45) is 2.06. The molecular weight excluding hydrogens is 396 g/mol. The van der Waals surface area contributed by atoms with Crippen molar-refractivity contribution in [2.45, 2.75) is 30.4 Å². The molecule has 0 spiro atoms. The van der Waals surface area contributed by atoms with E-state index < -0.39 is 9.84 Å². The number of carbonyl (C=O) groups is 1. The van der Waals surface area contributed by atoms with E-state index in [0.717, 1.165) is 11.3 Å². The Labute approximate surface area is 161 Å². The Morgan fingerprint density at radius 3 is 2.81 bits per heavy atom. The molecule has 2 aromatic rings. The van der Waals surface area contributed by atoms with Gasteiger partial charge in [-0.1, -0.05) is 11.6 Å². The van der Waals surface area contributed by atoms with Crippen molar-refractivity contribution >= 4 is 39.1 Å². The third kappa shape index (κ3) is 5.02. The van der Waals surface area contributed by atoms with Gasteiger partial charge in [0.2, 0.25) is 11.8 Å². The van der Waals surface area contributed by atoms with Crippen molar-refractivity contribution in [2.24, 2.45) is 0 Å².